The van der Waals surface area contributed by atoms with Crippen molar-refractivity contribution in [3.8, 4) is 0 Å². The molecule has 0 saturated carbocycles. The maximum Gasteiger partial charge on any atom is 0.265 e. The van der Waals surface area contributed by atoms with E-state index in [-0.39, 0.29) is 24.8 Å². The maximum atomic E-state index is 11.7. The summed E-state index contributed by atoms with van der Waals surface area (Å²) in [6, 6.07) is 0. The van der Waals surface area contributed by atoms with E-state index in [2.05, 4.69) is 15.2 Å². The predicted octanol–water partition coefficient (Wildman–Crippen LogP) is -1.30. The molecule has 0 spiro atoms. The summed E-state index contributed by atoms with van der Waals surface area (Å²) in [7, 11) is -0.917. The Hall–Kier alpha value is -1.07. The van der Waals surface area contributed by atoms with Gasteiger partial charge in [-0.15, -0.1) is 0 Å². The Kier molecular flexibility index (Phi) is 15.1. The van der Waals surface area contributed by atoms with Crippen LogP contribution < -0.4 is 21.3 Å². The van der Waals surface area contributed by atoms with Gasteiger partial charge in [0.25, 0.3) is 7.82 Å². The van der Waals surface area contributed by atoms with Gasteiger partial charge in [-0.05, 0) is 19.4 Å². The molecule has 0 aliphatic heterocycles. The molecule has 29 heavy (non-hydrogen) atoms. The zero-order valence-corrected chi connectivity index (χ0v) is 18.5. The first kappa shape index (κ1) is 27.9. The number of quaternary nitrogens is 1. The number of amides is 2. The number of nitrogens with one attached hydrogen (secondary N) is 2. The van der Waals surface area contributed by atoms with Crippen LogP contribution in [-0.4, -0.2) is 87.8 Å². The normalized spacial score (nSPS) is 13.7. The van der Waals surface area contributed by atoms with E-state index in [0.29, 0.717) is 56.8 Å². The van der Waals surface area contributed by atoms with Crippen LogP contribution in [0.3, 0.4) is 0 Å². The van der Waals surface area contributed by atoms with E-state index in [9.17, 15) is 19.0 Å². The lowest BCUT2D eigenvalue weighted by molar-refractivity contribution is -0.890. The van der Waals surface area contributed by atoms with E-state index in [1.807, 2.05) is 14.1 Å². The number of carbonyl (C=O) groups excluding carboxylic acids is 2. The Morgan fingerprint density at radius 3 is 2.28 bits per heavy atom. The van der Waals surface area contributed by atoms with Gasteiger partial charge in [0.1, 0.15) is 19.7 Å². The van der Waals surface area contributed by atoms with Crippen molar-refractivity contribution in [1.29, 1.82) is 0 Å². The van der Waals surface area contributed by atoms with Gasteiger partial charge >= 0.3 is 0 Å². The molecule has 1 unspecified atom stereocenters. The molecule has 0 aliphatic rings. The maximum absolute atomic E-state index is 11.7. The number of carbonyl (C=O) groups is 2. The third-order valence-electron chi connectivity index (χ3n) is 4.14. The minimum absolute atomic E-state index is 0.0543. The van der Waals surface area contributed by atoms with Gasteiger partial charge < -0.3 is 39.9 Å². The van der Waals surface area contributed by atoms with Crippen molar-refractivity contribution in [2.75, 3.05) is 66.6 Å². The first-order valence-electron chi connectivity index (χ1n) is 9.87. The second-order valence-corrected chi connectivity index (χ2v) is 8.54. The quantitative estimate of drug-likeness (QED) is 0.116. The number of hydrogen-bond donors (Lipinski definition) is 4. The number of rotatable bonds is 18. The summed E-state index contributed by atoms with van der Waals surface area (Å²) in [5.74, 6) is -0.210. The molecule has 0 heterocycles. The van der Waals surface area contributed by atoms with Crippen LogP contribution in [-0.2, 0) is 23.4 Å². The van der Waals surface area contributed by atoms with Crippen LogP contribution in [0.25, 0.3) is 0 Å². The number of phosphoric ester groups is 1. The van der Waals surface area contributed by atoms with Crippen LogP contribution in [0.5, 0.6) is 0 Å². The van der Waals surface area contributed by atoms with E-state index >= 15 is 0 Å². The summed E-state index contributed by atoms with van der Waals surface area (Å²) < 4.78 is 20.8. The molecule has 1 atom stereocenters. The van der Waals surface area contributed by atoms with E-state index in [1.165, 1.54) is 0 Å². The van der Waals surface area contributed by atoms with Crippen LogP contribution in [0, 0.1) is 0 Å². The fourth-order valence-electron chi connectivity index (χ4n) is 2.29. The van der Waals surface area contributed by atoms with Gasteiger partial charge in [0, 0.05) is 25.9 Å². The van der Waals surface area contributed by atoms with Crippen molar-refractivity contribution in [1.82, 2.24) is 10.6 Å². The van der Waals surface area contributed by atoms with Crippen molar-refractivity contribution in [2.24, 2.45) is 5.73 Å². The third-order valence-corrected chi connectivity index (χ3v) is 4.65. The molecule has 0 rings (SSSR count). The first-order chi connectivity index (χ1) is 13.6. The van der Waals surface area contributed by atoms with Crippen LogP contribution >= 0.6 is 7.82 Å². The second-order valence-electron chi connectivity index (χ2n) is 7.35. The minimum atomic E-state index is -4.68. The van der Waals surface area contributed by atoms with Gasteiger partial charge in [0.05, 0.1) is 27.3 Å². The fourth-order valence-corrected chi connectivity index (χ4v) is 2.60. The molecule has 0 bridgehead atoms. The largest absolute Gasteiger partial charge is 0.756 e. The number of nitrogens with two attached hydrogens (primary N) is 1. The SMILES string of the molecule is C[N+](C)(CCOCCNC(=O)CCNC(=O)CCCCCN)CCOP(=O)([O-])O. The zero-order chi connectivity index (χ0) is 22.2. The van der Waals surface area contributed by atoms with Crippen LogP contribution in [0.2, 0.25) is 0 Å². The van der Waals surface area contributed by atoms with Gasteiger partial charge in [0.15, 0.2) is 0 Å². The van der Waals surface area contributed by atoms with Crippen molar-refractivity contribution < 1.29 is 37.7 Å². The second kappa shape index (κ2) is 15.7. The Balaban J connectivity index is 3.61. The van der Waals surface area contributed by atoms with Gasteiger partial charge in [-0.1, -0.05) is 6.42 Å². The lowest BCUT2D eigenvalue weighted by Crippen LogP contribution is -2.45. The summed E-state index contributed by atoms with van der Waals surface area (Å²) in [4.78, 5) is 42.4. The van der Waals surface area contributed by atoms with Gasteiger partial charge in [-0.2, -0.15) is 0 Å². The summed E-state index contributed by atoms with van der Waals surface area (Å²) in [6.07, 6.45) is 3.31. The van der Waals surface area contributed by atoms with E-state index < -0.39 is 7.82 Å². The smallest absolute Gasteiger partial charge is 0.265 e. The number of likely N-dealkylation sites (N-methyl/N-ethyl adjacent to an activating group) is 1. The lowest BCUT2D eigenvalue weighted by Gasteiger charge is -2.30. The summed E-state index contributed by atoms with van der Waals surface area (Å²) in [5, 5.41) is 5.43. The first-order valence-corrected chi connectivity index (χ1v) is 11.4. The molecule has 172 valence electrons. The van der Waals surface area contributed by atoms with Crippen molar-refractivity contribution in [3.05, 3.63) is 0 Å². The van der Waals surface area contributed by atoms with Gasteiger partial charge in [-0.3, -0.25) is 14.2 Å². The van der Waals surface area contributed by atoms with E-state index in [0.717, 1.165) is 19.3 Å². The third kappa shape index (κ3) is 20.0. The highest BCUT2D eigenvalue weighted by atomic mass is 31.2. The number of unbranched alkanes of at least 4 members (excludes halogenated alkanes) is 2. The Morgan fingerprint density at radius 1 is 1.00 bits per heavy atom. The highest BCUT2D eigenvalue weighted by Crippen LogP contribution is 2.29. The van der Waals surface area contributed by atoms with E-state index in [4.69, 9.17) is 15.4 Å². The van der Waals surface area contributed by atoms with Crippen molar-refractivity contribution in [2.45, 2.75) is 32.1 Å². The molecule has 12 heteroatoms. The number of ether oxygens (including phenoxy) is 1. The Bertz CT molecular complexity index is 514. The summed E-state index contributed by atoms with van der Waals surface area (Å²) in [6.45, 7) is 2.99. The number of nitrogens with zero attached hydrogens (tertiary/aromatic N) is 1. The average Bonchev–Trinajstić information content (AvgIpc) is 2.60. The molecule has 2 amide bonds. The molecule has 11 nitrogen and oxygen atoms in total. The molecule has 5 N–H and O–H groups in total. The molecule has 0 aliphatic carbocycles. The van der Waals surface area contributed by atoms with Gasteiger partial charge in [-0.25, -0.2) is 0 Å². The molecule has 0 saturated heterocycles. The lowest BCUT2D eigenvalue weighted by atomic mass is 10.2. The van der Waals surface area contributed by atoms with Crippen LogP contribution in [0.15, 0.2) is 0 Å². The van der Waals surface area contributed by atoms with Crippen LogP contribution in [0.4, 0.5) is 0 Å². The van der Waals surface area contributed by atoms with E-state index in [1.54, 1.807) is 0 Å². The average molecular weight is 440 g/mol. The highest BCUT2D eigenvalue weighted by Gasteiger charge is 2.16. The monoisotopic (exact) mass is 440 g/mol. The molecule has 0 aromatic rings. The Labute approximate surface area is 173 Å². The van der Waals surface area contributed by atoms with Crippen LogP contribution in [0.1, 0.15) is 32.1 Å². The van der Waals surface area contributed by atoms with Crippen molar-refractivity contribution in [3.63, 3.8) is 0 Å². The molecule has 0 fully saturated rings. The molecular weight excluding hydrogens is 403 g/mol. The summed E-state index contributed by atoms with van der Waals surface area (Å²) >= 11 is 0. The fraction of sp³-hybridized carbons (Fsp3) is 0.882. The molecule has 0 radical (unpaired) electrons. The standard InChI is InChI=1S/C17H37N4O7P/c1-21(2,12-15-28-29(24,25)26)11-14-27-13-10-20-17(23)7-9-19-16(22)6-4-3-5-8-18/h3-15,18H2,1-2H3,(H3-,19,20,22,23,24,25,26). The molecule has 0 aromatic heterocycles. The highest BCUT2D eigenvalue weighted by molar-refractivity contribution is 7.44. The minimum Gasteiger partial charge on any atom is -0.756 e. The van der Waals surface area contributed by atoms with Gasteiger partial charge in [0.2, 0.25) is 11.8 Å². The summed E-state index contributed by atoms with van der Waals surface area (Å²) in [5.41, 5.74) is 5.39. The number of hydrogen-bond acceptors (Lipinski definition) is 7. The number of phosphoric acid groups is 1. The molecular formula is C17H37N4O7P. The predicted molar refractivity (Wildman–Crippen MR) is 107 cm³/mol. The zero-order valence-electron chi connectivity index (χ0n) is 17.6. The molecule has 0 aromatic carbocycles. The van der Waals surface area contributed by atoms with Crippen molar-refractivity contribution >= 4 is 19.6 Å². The topological polar surface area (TPSA) is 163 Å². The Morgan fingerprint density at radius 2 is 1.62 bits per heavy atom.